The summed E-state index contributed by atoms with van der Waals surface area (Å²) in [7, 11) is 0. The SMILES string of the molecule is CC(C)(C)C1N=NC(=O)N1C(C)(C)C. The van der Waals surface area contributed by atoms with Crippen molar-refractivity contribution in [2.75, 3.05) is 0 Å². The molecule has 0 radical (unpaired) electrons. The normalized spacial score (nSPS) is 23.4. The molecule has 0 aromatic rings. The smallest absolute Gasteiger partial charge is 0.292 e. The number of azo groups is 1. The van der Waals surface area contributed by atoms with Gasteiger partial charge in [-0.1, -0.05) is 25.9 Å². The van der Waals surface area contributed by atoms with Crippen LogP contribution in [0.2, 0.25) is 0 Å². The van der Waals surface area contributed by atoms with Crippen molar-refractivity contribution in [3.63, 3.8) is 0 Å². The zero-order chi connectivity index (χ0) is 11.1. The topological polar surface area (TPSA) is 45.0 Å². The molecule has 1 atom stereocenters. The van der Waals surface area contributed by atoms with Gasteiger partial charge >= 0.3 is 6.03 Å². The van der Waals surface area contributed by atoms with E-state index in [4.69, 9.17) is 0 Å². The quantitative estimate of drug-likeness (QED) is 0.588. The average molecular weight is 197 g/mol. The van der Waals surface area contributed by atoms with E-state index in [0.29, 0.717) is 0 Å². The molecule has 0 N–H and O–H groups in total. The van der Waals surface area contributed by atoms with Crippen molar-refractivity contribution in [3.05, 3.63) is 0 Å². The van der Waals surface area contributed by atoms with Crippen LogP contribution in [0.1, 0.15) is 41.5 Å². The van der Waals surface area contributed by atoms with E-state index >= 15 is 0 Å². The predicted molar refractivity (Wildman–Crippen MR) is 55.1 cm³/mol. The number of rotatable bonds is 0. The Labute approximate surface area is 85.4 Å². The minimum Gasteiger partial charge on any atom is -0.292 e. The van der Waals surface area contributed by atoms with Crippen LogP contribution in [0.3, 0.4) is 0 Å². The van der Waals surface area contributed by atoms with E-state index in [2.05, 4.69) is 31.0 Å². The maximum atomic E-state index is 11.5. The molecule has 4 nitrogen and oxygen atoms in total. The maximum Gasteiger partial charge on any atom is 0.364 e. The summed E-state index contributed by atoms with van der Waals surface area (Å²) in [6, 6.07) is -0.225. The van der Waals surface area contributed by atoms with Crippen LogP contribution in [0.25, 0.3) is 0 Å². The minimum absolute atomic E-state index is 0.0665. The number of nitrogens with zero attached hydrogens (tertiary/aromatic N) is 3. The van der Waals surface area contributed by atoms with E-state index in [1.807, 2.05) is 20.8 Å². The van der Waals surface area contributed by atoms with E-state index in [1.54, 1.807) is 4.90 Å². The Kier molecular flexibility index (Phi) is 2.42. The molecule has 1 unspecified atom stereocenters. The number of amides is 2. The highest BCUT2D eigenvalue weighted by Gasteiger charge is 2.43. The maximum absolute atomic E-state index is 11.5. The number of hydrogen-bond donors (Lipinski definition) is 0. The van der Waals surface area contributed by atoms with Crippen molar-refractivity contribution < 1.29 is 4.79 Å². The summed E-state index contributed by atoms with van der Waals surface area (Å²) in [5.41, 5.74) is -0.290. The van der Waals surface area contributed by atoms with Crippen LogP contribution >= 0.6 is 0 Å². The lowest BCUT2D eigenvalue weighted by Gasteiger charge is -2.39. The number of carbonyl (C=O) groups is 1. The Hall–Kier alpha value is -0.930. The van der Waals surface area contributed by atoms with Gasteiger partial charge in [-0.05, 0) is 20.8 Å². The second kappa shape index (κ2) is 3.04. The highest BCUT2D eigenvalue weighted by atomic mass is 16.2. The first-order valence-electron chi connectivity index (χ1n) is 4.88. The Bertz CT molecular complexity index is 270. The van der Waals surface area contributed by atoms with E-state index in [-0.39, 0.29) is 23.2 Å². The monoisotopic (exact) mass is 197 g/mol. The molecule has 0 aromatic heterocycles. The molecule has 0 aromatic carbocycles. The molecule has 1 rings (SSSR count). The molecule has 4 heteroatoms. The van der Waals surface area contributed by atoms with Gasteiger partial charge in [-0.3, -0.25) is 4.90 Å². The van der Waals surface area contributed by atoms with Gasteiger partial charge in [0.05, 0.1) is 0 Å². The third-order valence-electron chi connectivity index (χ3n) is 2.20. The van der Waals surface area contributed by atoms with Crippen LogP contribution in [-0.2, 0) is 0 Å². The van der Waals surface area contributed by atoms with Crippen molar-refractivity contribution in [3.8, 4) is 0 Å². The number of carbonyl (C=O) groups excluding carboxylic acids is 1. The van der Waals surface area contributed by atoms with E-state index in [9.17, 15) is 4.79 Å². The zero-order valence-corrected chi connectivity index (χ0v) is 9.83. The van der Waals surface area contributed by atoms with Gasteiger partial charge in [0, 0.05) is 11.0 Å². The first kappa shape index (κ1) is 11.1. The summed E-state index contributed by atoms with van der Waals surface area (Å²) in [5.74, 6) is 0. The van der Waals surface area contributed by atoms with Gasteiger partial charge in [-0.25, -0.2) is 4.79 Å². The number of hydrogen-bond acceptors (Lipinski definition) is 2. The molecule has 0 bridgehead atoms. The molecule has 0 spiro atoms. The Morgan fingerprint density at radius 2 is 1.64 bits per heavy atom. The van der Waals surface area contributed by atoms with Crippen LogP contribution in [0.15, 0.2) is 10.2 Å². The van der Waals surface area contributed by atoms with Crippen molar-refractivity contribution in [2.45, 2.75) is 53.2 Å². The van der Waals surface area contributed by atoms with Gasteiger partial charge < -0.3 is 0 Å². The van der Waals surface area contributed by atoms with Gasteiger partial charge in [-0.2, -0.15) is 5.11 Å². The third-order valence-corrected chi connectivity index (χ3v) is 2.20. The highest BCUT2D eigenvalue weighted by molar-refractivity contribution is 5.77. The minimum atomic E-state index is -0.225. The van der Waals surface area contributed by atoms with Gasteiger partial charge in [0.15, 0.2) is 6.17 Å². The fraction of sp³-hybridized carbons (Fsp3) is 0.900. The largest absolute Gasteiger partial charge is 0.364 e. The van der Waals surface area contributed by atoms with Gasteiger partial charge in [0.25, 0.3) is 0 Å². The van der Waals surface area contributed by atoms with E-state index in [0.717, 1.165) is 0 Å². The molecular formula is C10H19N3O. The molecule has 80 valence electrons. The summed E-state index contributed by atoms with van der Waals surface area (Å²) in [6.07, 6.45) is -0.144. The van der Waals surface area contributed by atoms with Crippen molar-refractivity contribution in [1.82, 2.24) is 4.90 Å². The van der Waals surface area contributed by atoms with Gasteiger partial charge in [0.2, 0.25) is 0 Å². The summed E-state index contributed by atoms with van der Waals surface area (Å²) in [4.78, 5) is 13.3. The van der Waals surface area contributed by atoms with Crippen LogP contribution in [0.4, 0.5) is 4.79 Å². The summed E-state index contributed by atoms with van der Waals surface area (Å²) >= 11 is 0. The Morgan fingerprint density at radius 3 is 1.93 bits per heavy atom. The molecule has 0 saturated carbocycles. The molecule has 2 amide bonds. The lowest BCUT2D eigenvalue weighted by Crippen LogP contribution is -2.51. The fourth-order valence-corrected chi connectivity index (χ4v) is 1.52. The third kappa shape index (κ3) is 1.94. The predicted octanol–water partition coefficient (Wildman–Crippen LogP) is 3.04. The zero-order valence-electron chi connectivity index (χ0n) is 9.83. The van der Waals surface area contributed by atoms with Crippen LogP contribution < -0.4 is 0 Å². The standard InChI is InChI=1S/C10H19N3O/c1-9(2,3)7-11-12-8(14)13(7)10(4,5)6/h7H,1-6H3. The Morgan fingerprint density at radius 1 is 1.14 bits per heavy atom. The molecule has 1 aliphatic heterocycles. The van der Waals surface area contributed by atoms with E-state index < -0.39 is 0 Å². The van der Waals surface area contributed by atoms with Crippen LogP contribution in [0.5, 0.6) is 0 Å². The molecule has 0 saturated heterocycles. The van der Waals surface area contributed by atoms with Crippen LogP contribution in [-0.4, -0.2) is 22.6 Å². The van der Waals surface area contributed by atoms with E-state index in [1.165, 1.54) is 0 Å². The molecule has 1 aliphatic rings. The molecule has 14 heavy (non-hydrogen) atoms. The van der Waals surface area contributed by atoms with Crippen LogP contribution in [0, 0.1) is 5.41 Å². The summed E-state index contributed by atoms with van der Waals surface area (Å²) < 4.78 is 0. The first-order valence-corrected chi connectivity index (χ1v) is 4.88. The summed E-state index contributed by atoms with van der Waals surface area (Å²) in [6.45, 7) is 12.2. The fourth-order valence-electron chi connectivity index (χ4n) is 1.52. The number of urea groups is 1. The van der Waals surface area contributed by atoms with Crippen molar-refractivity contribution in [1.29, 1.82) is 0 Å². The lowest BCUT2D eigenvalue weighted by molar-refractivity contribution is 0.0794. The average Bonchev–Trinajstić information content (AvgIpc) is 2.27. The molecule has 1 heterocycles. The van der Waals surface area contributed by atoms with Crippen molar-refractivity contribution in [2.24, 2.45) is 15.6 Å². The lowest BCUT2D eigenvalue weighted by atomic mass is 9.89. The summed E-state index contributed by atoms with van der Waals surface area (Å²) in [5, 5.41) is 7.68. The second-order valence-corrected chi connectivity index (χ2v) is 5.78. The second-order valence-electron chi connectivity index (χ2n) is 5.78. The first-order chi connectivity index (χ1) is 6.14. The highest BCUT2D eigenvalue weighted by Crippen LogP contribution is 2.34. The molecule has 0 aliphatic carbocycles. The Balaban J connectivity index is 2.99. The van der Waals surface area contributed by atoms with Crippen molar-refractivity contribution >= 4 is 6.03 Å². The molecule has 0 fully saturated rings. The van der Waals surface area contributed by atoms with Gasteiger partial charge in [-0.15, -0.1) is 0 Å². The van der Waals surface area contributed by atoms with Gasteiger partial charge in [0.1, 0.15) is 0 Å². The molecular weight excluding hydrogens is 178 g/mol.